The van der Waals surface area contributed by atoms with Crippen molar-refractivity contribution in [3.05, 3.63) is 78.4 Å². The number of nitrogens with zero attached hydrogens (tertiary/aromatic N) is 4. The number of benzene rings is 2. The van der Waals surface area contributed by atoms with Crippen LogP contribution in [0, 0.1) is 12.7 Å². The summed E-state index contributed by atoms with van der Waals surface area (Å²) in [4.78, 5) is 8.60. The first kappa shape index (κ1) is 19.6. The molecule has 0 aliphatic rings. The number of halogens is 4. The summed E-state index contributed by atoms with van der Waals surface area (Å²) < 4.78 is 56.6. The second-order valence-corrected chi connectivity index (χ2v) is 6.41. The van der Waals surface area contributed by atoms with Gasteiger partial charge in [-0.05, 0) is 61.0 Å². The number of alkyl halides is 3. The van der Waals surface area contributed by atoms with Gasteiger partial charge in [-0.15, -0.1) is 18.3 Å². The molecule has 0 bridgehead atoms. The van der Waals surface area contributed by atoms with Gasteiger partial charge in [0.15, 0.2) is 11.6 Å². The molecule has 152 valence electrons. The number of hydrogen-bond acceptors (Lipinski definition) is 4. The van der Waals surface area contributed by atoms with E-state index < -0.39 is 12.2 Å². The van der Waals surface area contributed by atoms with E-state index in [0.29, 0.717) is 28.5 Å². The third-order valence-electron chi connectivity index (χ3n) is 4.28. The van der Waals surface area contributed by atoms with Gasteiger partial charge in [-0.3, -0.25) is 4.98 Å². The highest BCUT2D eigenvalue weighted by Crippen LogP contribution is 2.29. The molecule has 4 rings (SSSR count). The van der Waals surface area contributed by atoms with Gasteiger partial charge < -0.3 is 4.74 Å². The summed E-state index contributed by atoms with van der Waals surface area (Å²) >= 11 is 0. The number of pyridine rings is 1. The molecular weight excluding hydrogens is 400 g/mol. The van der Waals surface area contributed by atoms with E-state index in [4.69, 9.17) is 0 Å². The molecule has 4 aromatic rings. The van der Waals surface area contributed by atoms with Crippen LogP contribution in [0.2, 0.25) is 0 Å². The van der Waals surface area contributed by atoms with Gasteiger partial charge in [0.05, 0.1) is 5.69 Å². The standard InChI is InChI=1S/C21H14F4N4O/c1-13-4-5-15(22)11-18(13)20-27-19(14-3-2-10-26-12-14)28-29(20)16-6-8-17(9-7-16)30-21(23,24)25/h2-12H,1H3. The summed E-state index contributed by atoms with van der Waals surface area (Å²) in [5.41, 5.74) is 2.35. The Hall–Kier alpha value is -3.75. The predicted octanol–water partition coefficient (Wildman–Crippen LogP) is 5.34. The highest BCUT2D eigenvalue weighted by atomic mass is 19.4. The van der Waals surface area contributed by atoms with Crippen LogP contribution in [0.1, 0.15) is 5.56 Å². The zero-order valence-electron chi connectivity index (χ0n) is 15.6. The van der Waals surface area contributed by atoms with E-state index >= 15 is 0 Å². The lowest BCUT2D eigenvalue weighted by Crippen LogP contribution is -2.17. The Kier molecular flexibility index (Phi) is 4.94. The second kappa shape index (κ2) is 7.58. The van der Waals surface area contributed by atoms with E-state index in [0.717, 1.165) is 5.56 Å². The highest BCUT2D eigenvalue weighted by molar-refractivity contribution is 5.66. The van der Waals surface area contributed by atoms with Crippen LogP contribution in [0.25, 0.3) is 28.5 Å². The van der Waals surface area contributed by atoms with Crippen molar-refractivity contribution in [3.63, 3.8) is 0 Å². The Morgan fingerprint density at radius 3 is 2.43 bits per heavy atom. The Balaban J connectivity index is 1.84. The Morgan fingerprint density at radius 1 is 1.00 bits per heavy atom. The summed E-state index contributed by atoms with van der Waals surface area (Å²) in [5, 5.41) is 4.48. The quantitative estimate of drug-likeness (QED) is 0.423. The van der Waals surface area contributed by atoms with Gasteiger partial charge in [0.1, 0.15) is 11.6 Å². The van der Waals surface area contributed by atoms with E-state index in [-0.39, 0.29) is 5.75 Å². The fourth-order valence-electron chi connectivity index (χ4n) is 2.91. The van der Waals surface area contributed by atoms with Crippen molar-refractivity contribution in [1.29, 1.82) is 0 Å². The molecule has 2 heterocycles. The lowest BCUT2D eigenvalue weighted by molar-refractivity contribution is -0.274. The van der Waals surface area contributed by atoms with Crippen LogP contribution in [0.15, 0.2) is 67.0 Å². The molecule has 0 fully saturated rings. The maximum atomic E-state index is 13.9. The molecule has 0 atom stereocenters. The highest BCUT2D eigenvalue weighted by Gasteiger charge is 2.31. The van der Waals surface area contributed by atoms with Crippen molar-refractivity contribution in [2.24, 2.45) is 0 Å². The van der Waals surface area contributed by atoms with Crippen LogP contribution >= 0.6 is 0 Å². The van der Waals surface area contributed by atoms with Crippen LogP contribution in [-0.4, -0.2) is 26.1 Å². The van der Waals surface area contributed by atoms with Gasteiger partial charge in [0, 0.05) is 23.5 Å². The normalized spacial score (nSPS) is 11.5. The average Bonchev–Trinajstić information content (AvgIpc) is 3.15. The van der Waals surface area contributed by atoms with Crippen LogP contribution in [0.4, 0.5) is 17.6 Å². The first-order valence-electron chi connectivity index (χ1n) is 8.80. The topological polar surface area (TPSA) is 52.8 Å². The van der Waals surface area contributed by atoms with E-state index in [1.54, 1.807) is 37.5 Å². The Bertz CT molecular complexity index is 1170. The molecule has 0 unspecified atom stereocenters. The van der Waals surface area contributed by atoms with Crippen LogP contribution < -0.4 is 4.74 Å². The smallest absolute Gasteiger partial charge is 0.406 e. The minimum atomic E-state index is -4.79. The van der Waals surface area contributed by atoms with Crippen LogP contribution in [0.5, 0.6) is 5.75 Å². The summed E-state index contributed by atoms with van der Waals surface area (Å²) in [6, 6.07) is 13.0. The van der Waals surface area contributed by atoms with Gasteiger partial charge in [-0.1, -0.05) is 6.07 Å². The maximum absolute atomic E-state index is 13.9. The number of aryl methyl sites for hydroxylation is 1. The van der Waals surface area contributed by atoms with E-state index in [1.165, 1.54) is 41.1 Å². The molecule has 0 saturated carbocycles. The fraction of sp³-hybridized carbons (Fsp3) is 0.0952. The molecule has 0 amide bonds. The maximum Gasteiger partial charge on any atom is 0.573 e. The van der Waals surface area contributed by atoms with Gasteiger partial charge in [0.2, 0.25) is 0 Å². The van der Waals surface area contributed by atoms with Gasteiger partial charge in [0.25, 0.3) is 0 Å². The zero-order chi connectivity index (χ0) is 21.3. The SMILES string of the molecule is Cc1ccc(F)cc1-c1nc(-c2cccnc2)nn1-c1ccc(OC(F)(F)F)cc1. The molecule has 0 saturated heterocycles. The molecule has 5 nitrogen and oxygen atoms in total. The summed E-state index contributed by atoms with van der Waals surface area (Å²) in [6.07, 6.45) is -1.59. The third kappa shape index (κ3) is 4.14. The summed E-state index contributed by atoms with van der Waals surface area (Å²) in [6.45, 7) is 1.80. The average molecular weight is 414 g/mol. The van der Waals surface area contributed by atoms with Crippen molar-refractivity contribution in [3.8, 4) is 34.2 Å². The van der Waals surface area contributed by atoms with Crippen LogP contribution in [-0.2, 0) is 0 Å². The first-order chi connectivity index (χ1) is 14.3. The van der Waals surface area contributed by atoms with Crippen LogP contribution in [0.3, 0.4) is 0 Å². The lowest BCUT2D eigenvalue weighted by Gasteiger charge is -2.11. The van der Waals surface area contributed by atoms with Gasteiger partial charge in [-0.2, -0.15) is 0 Å². The Labute approximate surface area is 168 Å². The van der Waals surface area contributed by atoms with Crippen molar-refractivity contribution < 1.29 is 22.3 Å². The predicted molar refractivity (Wildman–Crippen MR) is 101 cm³/mol. The van der Waals surface area contributed by atoms with Crippen molar-refractivity contribution in [2.45, 2.75) is 13.3 Å². The molecular formula is C21H14F4N4O. The molecule has 0 N–H and O–H groups in total. The minimum absolute atomic E-state index is 0.343. The molecule has 0 aliphatic carbocycles. The van der Waals surface area contributed by atoms with Gasteiger partial charge >= 0.3 is 6.36 Å². The number of ether oxygens (including phenoxy) is 1. The molecule has 30 heavy (non-hydrogen) atoms. The zero-order valence-corrected chi connectivity index (χ0v) is 15.6. The lowest BCUT2D eigenvalue weighted by atomic mass is 10.1. The molecule has 0 aliphatic heterocycles. The molecule has 2 aromatic heterocycles. The largest absolute Gasteiger partial charge is 0.573 e. The molecule has 9 heteroatoms. The summed E-state index contributed by atoms with van der Waals surface area (Å²) in [5.74, 6) is -0.114. The second-order valence-electron chi connectivity index (χ2n) is 6.41. The molecule has 0 spiro atoms. The van der Waals surface area contributed by atoms with Crippen molar-refractivity contribution in [2.75, 3.05) is 0 Å². The number of hydrogen-bond donors (Lipinski definition) is 0. The van der Waals surface area contributed by atoms with Gasteiger partial charge in [-0.25, -0.2) is 14.1 Å². The fourth-order valence-corrected chi connectivity index (χ4v) is 2.91. The first-order valence-corrected chi connectivity index (χ1v) is 8.80. The third-order valence-corrected chi connectivity index (χ3v) is 4.28. The molecule has 0 radical (unpaired) electrons. The molecule has 2 aromatic carbocycles. The monoisotopic (exact) mass is 414 g/mol. The minimum Gasteiger partial charge on any atom is -0.406 e. The van der Waals surface area contributed by atoms with E-state index in [2.05, 4.69) is 19.8 Å². The van der Waals surface area contributed by atoms with Crippen molar-refractivity contribution >= 4 is 0 Å². The Morgan fingerprint density at radius 2 is 1.77 bits per heavy atom. The number of rotatable bonds is 4. The number of aromatic nitrogens is 4. The van der Waals surface area contributed by atoms with Crippen molar-refractivity contribution in [1.82, 2.24) is 19.7 Å². The van der Waals surface area contributed by atoms with E-state index in [1.807, 2.05) is 0 Å². The van der Waals surface area contributed by atoms with E-state index in [9.17, 15) is 17.6 Å². The summed E-state index contributed by atoms with van der Waals surface area (Å²) in [7, 11) is 0.